The van der Waals surface area contributed by atoms with Crippen LogP contribution in [0.25, 0.3) is 0 Å². The molecule has 0 bridgehead atoms. The summed E-state index contributed by atoms with van der Waals surface area (Å²) in [4.78, 5) is 9.98. The van der Waals surface area contributed by atoms with Gasteiger partial charge in [0, 0.05) is 63.6 Å². The molecule has 22 heavy (non-hydrogen) atoms. The molecule has 0 saturated carbocycles. The van der Waals surface area contributed by atoms with Crippen LogP contribution in [0.5, 0.6) is 0 Å². The number of aryl methyl sites for hydroxylation is 1. The van der Waals surface area contributed by atoms with Gasteiger partial charge >= 0.3 is 0 Å². The van der Waals surface area contributed by atoms with Gasteiger partial charge in [-0.25, -0.2) is 0 Å². The van der Waals surface area contributed by atoms with Crippen LogP contribution in [0.3, 0.4) is 0 Å². The lowest BCUT2D eigenvalue weighted by Gasteiger charge is -2.43. The predicted molar refractivity (Wildman–Crippen MR) is 86.6 cm³/mol. The van der Waals surface area contributed by atoms with Crippen LogP contribution in [-0.4, -0.2) is 60.2 Å². The van der Waals surface area contributed by atoms with Crippen LogP contribution in [0.4, 0.5) is 0 Å². The highest BCUT2D eigenvalue weighted by Gasteiger charge is 2.45. The van der Waals surface area contributed by atoms with E-state index in [1.165, 1.54) is 44.7 Å². The Morgan fingerprint density at radius 3 is 2.86 bits per heavy atom. The second-order valence-electron chi connectivity index (χ2n) is 7.30. The first-order chi connectivity index (χ1) is 10.8. The standard InChI is InChI=1S/C18H27N3O/c1-14-3-2-4-17(19-14)12-21-11-16-10-20(13-18(16)21)9-15-5-7-22-8-6-15/h2-4,15-16,18H,5-13H2,1H3/t16-,18-/m0/s1. The predicted octanol–water partition coefficient (Wildman–Crippen LogP) is 1.93. The Hall–Kier alpha value is -0.970. The Morgan fingerprint density at radius 1 is 1.18 bits per heavy atom. The van der Waals surface area contributed by atoms with E-state index in [-0.39, 0.29) is 0 Å². The van der Waals surface area contributed by atoms with Gasteiger partial charge in [0.1, 0.15) is 0 Å². The number of hydrogen-bond donors (Lipinski definition) is 0. The topological polar surface area (TPSA) is 28.6 Å². The molecule has 4 nitrogen and oxygen atoms in total. The van der Waals surface area contributed by atoms with Crippen molar-refractivity contribution in [3.8, 4) is 0 Å². The van der Waals surface area contributed by atoms with E-state index < -0.39 is 0 Å². The van der Waals surface area contributed by atoms with Crippen LogP contribution in [0.15, 0.2) is 18.2 Å². The average Bonchev–Trinajstić information content (AvgIpc) is 2.83. The maximum absolute atomic E-state index is 5.48. The summed E-state index contributed by atoms with van der Waals surface area (Å²) in [5.74, 6) is 1.75. The Morgan fingerprint density at radius 2 is 2.05 bits per heavy atom. The maximum atomic E-state index is 5.48. The zero-order valence-electron chi connectivity index (χ0n) is 13.6. The lowest BCUT2D eigenvalue weighted by atomic mass is 9.92. The summed E-state index contributed by atoms with van der Waals surface area (Å²) >= 11 is 0. The number of rotatable bonds is 4. The van der Waals surface area contributed by atoms with Crippen molar-refractivity contribution in [1.29, 1.82) is 0 Å². The first kappa shape index (κ1) is 14.6. The van der Waals surface area contributed by atoms with Gasteiger partial charge in [0.15, 0.2) is 0 Å². The van der Waals surface area contributed by atoms with Gasteiger partial charge in [0.2, 0.25) is 0 Å². The van der Waals surface area contributed by atoms with Crippen LogP contribution in [0.2, 0.25) is 0 Å². The third kappa shape index (κ3) is 3.05. The largest absolute Gasteiger partial charge is 0.381 e. The smallest absolute Gasteiger partial charge is 0.0547 e. The monoisotopic (exact) mass is 301 g/mol. The van der Waals surface area contributed by atoms with Crippen LogP contribution >= 0.6 is 0 Å². The number of pyridine rings is 1. The molecule has 4 heterocycles. The highest BCUT2D eigenvalue weighted by Crippen LogP contribution is 2.34. The molecular weight excluding hydrogens is 274 g/mol. The van der Waals surface area contributed by atoms with Gasteiger partial charge in [0.25, 0.3) is 0 Å². The van der Waals surface area contributed by atoms with E-state index in [9.17, 15) is 0 Å². The minimum absolute atomic E-state index is 0.766. The fraction of sp³-hybridized carbons (Fsp3) is 0.722. The molecule has 2 atom stereocenters. The summed E-state index contributed by atoms with van der Waals surface area (Å²) in [6.45, 7) is 10.1. The van der Waals surface area contributed by atoms with Crippen molar-refractivity contribution < 1.29 is 4.74 Å². The molecule has 0 radical (unpaired) electrons. The zero-order chi connectivity index (χ0) is 14.9. The second kappa shape index (κ2) is 6.26. The molecule has 4 heteroatoms. The van der Waals surface area contributed by atoms with Crippen LogP contribution < -0.4 is 0 Å². The highest BCUT2D eigenvalue weighted by atomic mass is 16.5. The number of hydrogen-bond acceptors (Lipinski definition) is 4. The molecular formula is C18H27N3O. The number of likely N-dealkylation sites (tertiary alicyclic amines) is 2. The molecule has 0 N–H and O–H groups in total. The summed E-state index contributed by atoms with van der Waals surface area (Å²) in [5.41, 5.74) is 2.35. The summed E-state index contributed by atoms with van der Waals surface area (Å²) in [6, 6.07) is 7.13. The SMILES string of the molecule is Cc1cccc(CN2C[C@@H]3CN(CC4CCOCC4)C[C@@H]32)n1. The Balaban J connectivity index is 1.29. The fourth-order valence-corrected chi connectivity index (χ4v) is 4.35. The molecule has 0 amide bonds. The van der Waals surface area contributed by atoms with Crippen LogP contribution in [0.1, 0.15) is 24.2 Å². The van der Waals surface area contributed by atoms with E-state index >= 15 is 0 Å². The summed E-state index contributed by atoms with van der Waals surface area (Å²) in [6.07, 6.45) is 2.51. The van der Waals surface area contributed by atoms with Crippen molar-refractivity contribution in [1.82, 2.24) is 14.8 Å². The molecule has 4 rings (SSSR count). The summed E-state index contributed by atoms with van der Waals surface area (Å²) in [5, 5.41) is 0. The van der Waals surface area contributed by atoms with Crippen molar-refractivity contribution in [3.05, 3.63) is 29.6 Å². The fourth-order valence-electron chi connectivity index (χ4n) is 4.35. The van der Waals surface area contributed by atoms with Crippen molar-refractivity contribution >= 4 is 0 Å². The van der Waals surface area contributed by atoms with Gasteiger partial charge in [-0.1, -0.05) is 6.07 Å². The van der Waals surface area contributed by atoms with E-state index in [1.807, 2.05) is 0 Å². The number of fused-ring (bicyclic) bond motifs is 1. The summed E-state index contributed by atoms with van der Waals surface area (Å²) in [7, 11) is 0. The lowest BCUT2D eigenvalue weighted by molar-refractivity contribution is 0.0417. The van der Waals surface area contributed by atoms with Gasteiger partial charge in [0.05, 0.1) is 5.69 Å². The first-order valence-electron chi connectivity index (χ1n) is 8.74. The third-order valence-electron chi connectivity index (χ3n) is 5.59. The van der Waals surface area contributed by atoms with Gasteiger partial charge in [-0.05, 0) is 37.8 Å². The van der Waals surface area contributed by atoms with E-state index in [0.717, 1.165) is 43.3 Å². The number of nitrogens with zero attached hydrogens (tertiary/aromatic N) is 3. The number of ether oxygens (including phenoxy) is 1. The highest BCUT2D eigenvalue weighted by molar-refractivity contribution is 5.11. The summed E-state index contributed by atoms with van der Waals surface area (Å²) < 4.78 is 5.48. The van der Waals surface area contributed by atoms with E-state index in [1.54, 1.807) is 0 Å². The molecule has 3 aliphatic rings. The van der Waals surface area contributed by atoms with Crippen molar-refractivity contribution in [2.24, 2.45) is 11.8 Å². The van der Waals surface area contributed by atoms with Crippen LogP contribution in [0, 0.1) is 18.8 Å². The molecule has 3 aliphatic heterocycles. The van der Waals surface area contributed by atoms with Crippen molar-refractivity contribution in [2.45, 2.75) is 32.4 Å². The van der Waals surface area contributed by atoms with Gasteiger partial charge in [-0.2, -0.15) is 0 Å². The van der Waals surface area contributed by atoms with Crippen LogP contribution in [-0.2, 0) is 11.3 Å². The molecule has 0 aromatic carbocycles. The molecule has 3 fully saturated rings. The van der Waals surface area contributed by atoms with E-state index in [0.29, 0.717) is 0 Å². The molecule has 3 saturated heterocycles. The number of aromatic nitrogens is 1. The molecule has 1 aromatic heterocycles. The van der Waals surface area contributed by atoms with Crippen molar-refractivity contribution in [2.75, 3.05) is 39.4 Å². The Kier molecular flexibility index (Phi) is 4.16. The van der Waals surface area contributed by atoms with E-state index in [2.05, 4.69) is 39.9 Å². The molecule has 0 aliphatic carbocycles. The Labute approximate surface area is 133 Å². The maximum Gasteiger partial charge on any atom is 0.0547 e. The van der Waals surface area contributed by atoms with Crippen molar-refractivity contribution in [3.63, 3.8) is 0 Å². The molecule has 0 spiro atoms. The van der Waals surface area contributed by atoms with Gasteiger partial charge < -0.3 is 9.64 Å². The normalized spacial score (nSPS) is 30.2. The quantitative estimate of drug-likeness (QED) is 0.850. The Bertz CT molecular complexity index is 515. The average molecular weight is 301 g/mol. The minimum atomic E-state index is 0.766. The third-order valence-corrected chi connectivity index (χ3v) is 5.59. The molecule has 0 unspecified atom stereocenters. The molecule has 1 aromatic rings. The van der Waals surface area contributed by atoms with E-state index in [4.69, 9.17) is 4.74 Å². The molecule has 120 valence electrons. The van der Waals surface area contributed by atoms with Gasteiger partial charge in [-0.15, -0.1) is 0 Å². The first-order valence-corrected chi connectivity index (χ1v) is 8.74. The lowest BCUT2D eigenvalue weighted by Crippen LogP contribution is -2.54. The minimum Gasteiger partial charge on any atom is -0.381 e. The second-order valence-corrected chi connectivity index (χ2v) is 7.30. The van der Waals surface area contributed by atoms with Gasteiger partial charge in [-0.3, -0.25) is 9.88 Å². The zero-order valence-corrected chi connectivity index (χ0v) is 13.6.